The molecule has 0 unspecified atom stereocenters. The summed E-state index contributed by atoms with van der Waals surface area (Å²) in [5.74, 6) is -1.31. The van der Waals surface area contributed by atoms with Gasteiger partial charge in [-0.25, -0.2) is 4.90 Å². The van der Waals surface area contributed by atoms with Gasteiger partial charge in [0.05, 0.1) is 37.0 Å². The van der Waals surface area contributed by atoms with Crippen LogP contribution in [-0.4, -0.2) is 72.9 Å². The van der Waals surface area contributed by atoms with Crippen LogP contribution in [0.4, 0.5) is 5.69 Å². The Bertz CT molecular complexity index is 1530. The fourth-order valence-electron chi connectivity index (χ4n) is 5.26. The van der Waals surface area contributed by atoms with E-state index in [1.807, 2.05) is 0 Å². The number of rotatable bonds is 6. The molecule has 3 aromatic rings. The van der Waals surface area contributed by atoms with Crippen LogP contribution in [0.1, 0.15) is 16.4 Å². The predicted octanol–water partition coefficient (Wildman–Crippen LogP) is 3.24. The minimum absolute atomic E-state index is 0.147. The molecule has 0 radical (unpaired) electrons. The zero-order valence-electron chi connectivity index (χ0n) is 21.3. The quantitative estimate of drug-likeness (QED) is 0.406. The average molecular weight is 647 g/mol. The molecule has 13 heteroatoms. The first-order chi connectivity index (χ1) is 19.4. The summed E-state index contributed by atoms with van der Waals surface area (Å²) in [4.78, 5) is 58.6. The molecule has 1 aromatic heterocycles. The Hall–Kier alpha value is -3.13. The molecule has 3 atom stereocenters. The Morgan fingerprint density at radius 2 is 1.82 bits per heavy atom. The maximum absolute atomic E-state index is 13.9. The molecule has 2 fully saturated rings. The van der Waals surface area contributed by atoms with Gasteiger partial charge in [-0.3, -0.25) is 19.2 Å². The van der Waals surface area contributed by atoms with Gasteiger partial charge in [-0.2, -0.15) is 0 Å². The van der Waals surface area contributed by atoms with Gasteiger partial charge in [0.2, 0.25) is 11.8 Å². The number of halogens is 1. The van der Waals surface area contributed by atoms with Crippen LogP contribution in [0.2, 0.25) is 0 Å². The third kappa shape index (κ3) is 4.84. The largest absolute Gasteiger partial charge is 0.493 e. The molecule has 3 aliphatic rings. The highest BCUT2D eigenvalue weighted by Crippen LogP contribution is 2.53. The Labute approximate surface area is 245 Å². The highest BCUT2D eigenvalue weighted by Gasteiger charge is 2.56. The first kappa shape index (κ1) is 27.1. The summed E-state index contributed by atoms with van der Waals surface area (Å²) in [6.45, 7) is 1.89. The van der Waals surface area contributed by atoms with E-state index in [4.69, 9.17) is 14.2 Å². The second-order valence-electron chi connectivity index (χ2n) is 9.43. The minimum atomic E-state index is -0.723. The van der Waals surface area contributed by atoms with Gasteiger partial charge in [0.15, 0.2) is 18.1 Å². The Kier molecular flexibility index (Phi) is 7.46. The number of nitrogens with one attached hydrogen (secondary N) is 1. The summed E-state index contributed by atoms with van der Waals surface area (Å²) >= 11 is 5.66. The fourth-order valence-corrected chi connectivity index (χ4v) is 8.04. The summed E-state index contributed by atoms with van der Waals surface area (Å²) in [6.07, 6.45) is 0. The normalized spacial score (nSPS) is 22.2. The molecule has 40 heavy (non-hydrogen) atoms. The number of methoxy groups -OCH3 is 1. The molecule has 0 saturated carbocycles. The van der Waals surface area contributed by atoms with Crippen LogP contribution < -0.4 is 19.2 Å². The number of ether oxygens (including phenoxy) is 3. The van der Waals surface area contributed by atoms with Crippen molar-refractivity contribution in [3.05, 3.63) is 67.0 Å². The first-order valence-corrected chi connectivity index (χ1v) is 15.0. The lowest BCUT2D eigenvalue weighted by Gasteiger charge is -2.30. The van der Waals surface area contributed by atoms with Gasteiger partial charge in [0.25, 0.3) is 5.91 Å². The molecule has 10 nitrogen and oxygen atoms in total. The van der Waals surface area contributed by atoms with Gasteiger partial charge in [-0.15, -0.1) is 0 Å². The van der Waals surface area contributed by atoms with Crippen molar-refractivity contribution >= 4 is 62.4 Å². The summed E-state index contributed by atoms with van der Waals surface area (Å²) in [7, 11) is 1.49. The topological polar surface area (TPSA) is 118 Å². The number of morpholine rings is 1. The summed E-state index contributed by atoms with van der Waals surface area (Å²) in [6, 6.07) is 12.3. The van der Waals surface area contributed by atoms with Crippen molar-refractivity contribution < 1.29 is 28.6 Å². The molecule has 0 spiro atoms. The fraction of sp³-hybridized carbons (Fsp3) is 0.333. The molecule has 2 saturated heterocycles. The van der Waals surface area contributed by atoms with Crippen molar-refractivity contribution in [2.75, 3.05) is 44.9 Å². The van der Waals surface area contributed by atoms with Crippen LogP contribution in [0, 0.1) is 5.92 Å². The van der Waals surface area contributed by atoms with Crippen molar-refractivity contribution in [1.29, 1.82) is 0 Å². The van der Waals surface area contributed by atoms with E-state index in [9.17, 15) is 19.2 Å². The number of thioether (sulfide) groups is 1. The van der Waals surface area contributed by atoms with Crippen LogP contribution in [0.3, 0.4) is 0 Å². The lowest BCUT2D eigenvalue weighted by Crippen LogP contribution is -2.43. The number of carbonyl (C=O) groups excluding carboxylic acids is 3. The van der Waals surface area contributed by atoms with Crippen LogP contribution in [0.15, 0.2) is 56.8 Å². The van der Waals surface area contributed by atoms with Crippen LogP contribution >= 0.6 is 39.0 Å². The van der Waals surface area contributed by atoms with E-state index in [-0.39, 0.29) is 29.2 Å². The molecule has 6 rings (SSSR count). The lowest BCUT2D eigenvalue weighted by molar-refractivity contribution is -0.137. The van der Waals surface area contributed by atoms with Crippen LogP contribution in [-0.2, 0) is 19.1 Å². The van der Waals surface area contributed by atoms with E-state index in [1.165, 1.54) is 23.8 Å². The highest BCUT2D eigenvalue weighted by atomic mass is 79.9. The van der Waals surface area contributed by atoms with E-state index in [1.54, 1.807) is 47.4 Å². The third-order valence-electron chi connectivity index (χ3n) is 7.17. The molecule has 2 aromatic carbocycles. The third-order valence-corrected chi connectivity index (χ3v) is 10.1. The number of aromatic amines is 1. The van der Waals surface area contributed by atoms with Gasteiger partial charge >= 0.3 is 4.87 Å². The second-order valence-corrected chi connectivity index (χ2v) is 12.5. The Morgan fingerprint density at radius 1 is 1.07 bits per heavy atom. The number of benzene rings is 2. The van der Waals surface area contributed by atoms with Crippen molar-refractivity contribution in [1.82, 2.24) is 9.88 Å². The Balaban J connectivity index is 1.32. The standard InChI is InChI=1S/C27H24BrN3O7S2/c1-36-18-12-14(2-7-17(18)38-13-19(32)30-8-10-37-11-9-30)20-21-23(39-24-22(20)40-27(35)29-24)26(34)31(25(21)33)16-5-3-15(28)4-6-16/h2-7,12,20-21,23H,8-11,13H2,1H3,(H,29,35)/t20-,21-,23+/m0/s1. The van der Waals surface area contributed by atoms with Gasteiger partial charge in [0, 0.05) is 28.4 Å². The summed E-state index contributed by atoms with van der Waals surface area (Å²) < 4.78 is 17.6. The molecule has 3 aliphatic heterocycles. The van der Waals surface area contributed by atoms with Gasteiger partial charge in [-0.1, -0.05) is 45.1 Å². The number of fused-ring (bicyclic) bond motifs is 2. The molecule has 208 valence electrons. The van der Waals surface area contributed by atoms with E-state index in [0.29, 0.717) is 59.0 Å². The van der Waals surface area contributed by atoms with E-state index in [2.05, 4.69) is 20.9 Å². The SMILES string of the molecule is COc1cc([C@@H]2c3sc(=O)[nH]c3S[C@H]3C(=O)N(c4ccc(Br)cc4)C(=O)[C@@H]23)ccc1OCC(=O)N1CCOCC1. The number of nitrogens with zero attached hydrogens (tertiary/aromatic N) is 2. The minimum Gasteiger partial charge on any atom is -0.493 e. The van der Waals surface area contributed by atoms with Gasteiger partial charge in [-0.05, 0) is 42.0 Å². The molecular formula is C27H24BrN3O7S2. The van der Waals surface area contributed by atoms with Crippen molar-refractivity contribution in [3.8, 4) is 11.5 Å². The van der Waals surface area contributed by atoms with Crippen LogP contribution in [0.25, 0.3) is 0 Å². The van der Waals surface area contributed by atoms with E-state index in [0.717, 1.165) is 15.8 Å². The summed E-state index contributed by atoms with van der Waals surface area (Å²) in [5, 5.41) is -0.109. The molecule has 1 N–H and O–H groups in total. The molecule has 3 amide bonds. The molecule has 0 aliphatic carbocycles. The highest BCUT2D eigenvalue weighted by molar-refractivity contribution is 9.10. The monoisotopic (exact) mass is 645 g/mol. The first-order valence-electron chi connectivity index (χ1n) is 12.5. The maximum Gasteiger partial charge on any atom is 0.305 e. The zero-order valence-corrected chi connectivity index (χ0v) is 24.5. The number of hydrogen-bond acceptors (Lipinski definition) is 9. The molecule has 4 heterocycles. The van der Waals surface area contributed by atoms with Crippen molar-refractivity contribution in [2.24, 2.45) is 5.92 Å². The lowest BCUT2D eigenvalue weighted by atomic mass is 9.83. The number of H-pyrrole nitrogens is 1. The van der Waals surface area contributed by atoms with E-state index < -0.39 is 17.1 Å². The number of aromatic nitrogens is 1. The number of carbonyl (C=O) groups is 3. The number of amides is 3. The molecule has 0 bridgehead atoms. The average Bonchev–Trinajstić information content (AvgIpc) is 3.46. The van der Waals surface area contributed by atoms with Crippen molar-refractivity contribution in [3.63, 3.8) is 0 Å². The second kappa shape index (κ2) is 11.0. The van der Waals surface area contributed by atoms with E-state index >= 15 is 0 Å². The molecular weight excluding hydrogens is 622 g/mol. The number of thiazole rings is 1. The number of anilines is 1. The maximum atomic E-state index is 13.9. The van der Waals surface area contributed by atoms with Crippen LogP contribution in [0.5, 0.6) is 11.5 Å². The van der Waals surface area contributed by atoms with Gasteiger partial charge < -0.3 is 24.1 Å². The number of hydrogen-bond donors (Lipinski definition) is 1. The van der Waals surface area contributed by atoms with Gasteiger partial charge in [0.1, 0.15) is 5.25 Å². The van der Waals surface area contributed by atoms with Crippen molar-refractivity contribution in [2.45, 2.75) is 16.2 Å². The number of imide groups is 1. The Morgan fingerprint density at radius 3 is 2.55 bits per heavy atom. The summed E-state index contributed by atoms with van der Waals surface area (Å²) in [5.41, 5.74) is 1.20. The zero-order chi connectivity index (χ0) is 28.0. The smallest absolute Gasteiger partial charge is 0.305 e. The predicted molar refractivity (Wildman–Crippen MR) is 152 cm³/mol.